The van der Waals surface area contributed by atoms with E-state index in [1.54, 1.807) is 12.1 Å². The molecule has 0 saturated carbocycles. The number of hydrogen-bond acceptors (Lipinski definition) is 5. The van der Waals surface area contributed by atoms with Crippen LogP contribution < -0.4 is 11.2 Å². The van der Waals surface area contributed by atoms with E-state index in [1.165, 1.54) is 11.3 Å². The van der Waals surface area contributed by atoms with Crippen molar-refractivity contribution in [2.75, 3.05) is 0 Å². The van der Waals surface area contributed by atoms with Gasteiger partial charge < -0.3 is 11.2 Å². The van der Waals surface area contributed by atoms with Crippen LogP contribution in [0, 0.1) is 6.92 Å². The molecule has 0 spiro atoms. The Morgan fingerprint density at radius 3 is 2.54 bits per heavy atom. The summed E-state index contributed by atoms with van der Waals surface area (Å²) in [5.41, 5.74) is 11.2. The fourth-order valence-corrected chi connectivity index (χ4v) is 3.29. The lowest BCUT2D eigenvalue weighted by Gasteiger charge is -2.18. The number of aryl methyl sites for hydroxylation is 1. The van der Waals surface area contributed by atoms with E-state index in [9.17, 15) is 0 Å². The summed E-state index contributed by atoms with van der Waals surface area (Å²) in [7, 11) is 0. The molecule has 1 aromatic heterocycles. The number of hydrogen-bond donors (Lipinski definition) is 2. The number of hydrazone groups is 1. The molecule has 138 valence electrons. The first-order valence-electron chi connectivity index (χ1n) is 7.82. The van der Waals surface area contributed by atoms with Crippen molar-refractivity contribution < 1.29 is 0 Å². The summed E-state index contributed by atoms with van der Waals surface area (Å²) in [6.45, 7) is 8.03. The van der Waals surface area contributed by atoms with Gasteiger partial charge in [0.2, 0.25) is 0 Å². The molecule has 0 bridgehead atoms. The predicted octanol–water partition coefficient (Wildman–Crippen LogP) is 5.20. The predicted molar refractivity (Wildman–Crippen MR) is 118 cm³/mol. The van der Waals surface area contributed by atoms with Crippen LogP contribution in [0.5, 0.6) is 0 Å². The Balaban J connectivity index is 2.42. The SMILES string of the molecule is Cc1nc(C(N)=S)sc1C(/C=C/c1ccc(Cl)c(Cl)c1)=N\NC(C)(C)C. The summed E-state index contributed by atoms with van der Waals surface area (Å²) in [4.78, 5) is 5.61. The average molecular weight is 427 g/mol. The van der Waals surface area contributed by atoms with Crippen molar-refractivity contribution in [2.24, 2.45) is 10.8 Å². The van der Waals surface area contributed by atoms with Gasteiger partial charge in [0.1, 0.15) is 10.7 Å². The van der Waals surface area contributed by atoms with Crippen molar-refractivity contribution in [3.05, 3.63) is 55.5 Å². The molecule has 1 aromatic carbocycles. The molecule has 0 aliphatic rings. The van der Waals surface area contributed by atoms with E-state index in [4.69, 9.17) is 41.2 Å². The largest absolute Gasteiger partial charge is 0.387 e. The standard InChI is InChI=1S/C18H20Cl2N4S2/c1-10-15(26-17(22-10)16(21)25)14(23-24-18(2,3)4)8-6-11-5-7-12(19)13(20)9-11/h5-9,24H,1-4H3,(H2,21,25)/b8-6+,23-14-. The van der Waals surface area contributed by atoms with E-state index in [-0.39, 0.29) is 10.5 Å². The highest BCUT2D eigenvalue weighted by Gasteiger charge is 2.15. The van der Waals surface area contributed by atoms with Gasteiger partial charge in [-0.2, -0.15) is 5.10 Å². The number of halogens is 2. The second-order valence-corrected chi connectivity index (χ2v) is 8.92. The van der Waals surface area contributed by atoms with Crippen LogP contribution >= 0.6 is 46.8 Å². The first-order valence-corrected chi connectivity index (χ1v) is 9.80. The Labute approximate surface area is 173 Å². The highest BCUT2D eigenvalue weighted by atomic mass is 35.5. The van der Waals surface area contributed by atoms with Crippen LogP contribution in [0.4, 0.5) is 0 Å². The smallest absolute Gasteiger partial charge is 0.151 e. The molecule has 1 heterocycles. The van der Waals surface area contributed by atoms with Crippen LogP contribution in [-0.4, -0.2) is 21.2 Å². The Morgan fingerprint density at radius 1 is 1.31 bits per heavy atom. The molecule has 0 aliphatic carbocycles. The molecule has 3 N–H and O–H groups in total. The minimum Gasteiger partial charge on any atom is -0.387 e. The second-order valence-electron chi connectivity index (χ2n) is 6.66. The van der Waals surface area contributed by atoms with Gasteiger partial charge >= 0.3 is 0 Å². The van der Waals surface area contributed by atoms with Crippen molar-refractivity contribution in [2.45, 2.75) is 33.2 Å². The quantitative estimate of drug-likeness (QED) is 0.391. The number of thiocarbonyl (C=S) groups is 1. The molecule has 0 fully saturated rings. The highest BCUT2D eigenvalue weighted by Crippen LogP contribution is 2.24. The number of nitrogens with zero attached hydrogens (tertiary/aromatic N) is 2. The van der Waals surface area contributed by atoms with Crippen molar-refractivity contribution >= 4 is 63.5 Å². The number of nitrogens with one attached hydrogen (secondary N) is 1. The van der Waals surface area contributed by atoms with E-state index >= 15 is 0 Å². The maximum Gasteiger partial charge on any atom is 0.151 e. The van der Waals surface area contributed by atoms with Gasteiger partial charge in [-0.05, 0) is 51.5 Å². The van der Waals surface area contributed by atoms with E-state index in [2.05, 4.69) is 15.5 Å². The fourth-order valence-electron chi connectivity index (χ4n) is 1.92. The van der Waals surface area contributed by atoms with Gasteiger partial charge in [0.25, 0.3) is 0 Å². The summed E-state index contributed by atoms with van der Waals surface area (Å²) in [5.74, 6) is 0. The zero-order chi connectivity index (χ0) is 19.5. The minimum atomic E-state index is -0.173. The number of benzene rings is 1. The Bertz CT molecular complexity index is 880. The molecule has 0 unspecified atom stereocenters. The molecule has 0 radical (unpaired) electrons. The molecule has 2 rings (SSSR count). The molecular weight excluding hydrogens is 407 g/mol. The first-order chi connectivity index (χ1) is 12.1. The van der Waals surface area contributed by atoms with E-state index in [1.807, 2.05) is 45.9 Å². The van der Waals surface area contributed by atoms with Gasteiger partial charge in [-0.3, -0.25) is 0 Å². The topological polar surface area (TPSA) is 63.3 Å². The van der Waals surface area contributed by atoms with Gasteiger partial charge in [-0.15, -0.1) is 11.3 Å². The second kappa shape index (κ2) is 8.48. The zero-order valence-corrected chi connectivity index (χ0v) is 18.1. The molecular formula is C18H20Cl2N4S2. The average Bonchev–Trinajstić information content (AvgIpc) is 2.92. The van der Waals surface area contributed by atoms with E-state index in [0.717, 1.165) is 21.8 Å². The summed E-state index contributed by atoms with van der Waals surface area (Å²) in [5, 5.41) is 6.21. The van der Waals surface area contributed by atoms with Crippen molar-refractivity contribution in [1.82, 2.24) is 10.4 Å². The summed E-state index contributed by atoms with van der Waals surface area (Å²) in [6, 6.07) is 5.45. The summed E-state index contributed by atoms with van der Waals surface area (Å²) >= 11 is 18.5. The normalized spacial score (nSPS) is 12.6. The van der Waals surface area contributed by atoms with Crippen molar-refractivity contribution in [1.29, 1.82) is 0 Å². The van der Waals surface area contributed by atoms with Crippen molar-refractivity contribution in [3.8, 4) is 0 Å². The first kappa shape index (κ1) is 20.8. The summed E-state index contributed by atoms with van der Waals surface area (Å²) in [6.07, 6.45) is 3.83. The lowest BCUT2D eigenvalue weighted by atomic mass is 10.1. The van der Waals surface area contributed by atoms with Crippen LogP contribution in [0.15, 0.2) is 29.4 Å². The molecule has 0 saturated heterocycles. The lowest BCUT2D eigenvalue weighted by Crippen LogP contribution is -2.32. The van der Waals surface area contributed by atoms with Crippen LogP contribution in [0.1, 0.15) is 41.9 Å². The molecule has 4 nitrogen and oxygen atoms in total. The van der Waals surface area contributed by atoms with Crippen LogP contribution in [0.25, 0.3) is 6.08 Å². The third kappa shape index (κ3) is 5.77. The van der Waals surface area contributed by atoms with Crippen LogP contribution in [0.3, 0.4) is 0 Å². The van der Waals surface area contributed by atoms with Gasteiger partial charge in [0.05, 0.1) is 20.6 Å². The number of nitrogens with two attached hydrogens (primary N) is 1. The van der Waals surface area contributed by atoms with Crippen LogP contribution in [-0.2, 0) is 0 Å². The van der Waals surface area contributed by atoms with Gasteiger partial charge in [-0.1, -0.05) is 47.6 Å². The van der Waals surface area contributed by atoms with Crippen molar-refractivity contribution in [3.63, 3.8) is 0 Å². The number of allylic oxidation sites excluding steroid dienone is 1. The highest BCUT2D eigenvalue weighted by molar-refractivity contribution is 7.81. The molecule has 0 amide bonds. The lowest BCUT2D eigenvalue weighted by molar-refractivity contribution is 0.441. The maximum atomic E-state index is 6.09. The zero-order valence-electron chi connectivity index (χ0n) is 14.9. The number of rotatable bonds is 5. The monoisotopic (exact) mass is 426 g/mol. The molecule has 0 atom stereocenters. The Hall–Kier alpha value is -1.47. The van der Waals surface area contributed by atoms with Crippen LogP contribution in [0.2, 0.25) is 10.0 Å². The summed E-state index contributed by atoms with van der Waals surface area (Å²) < 4.78 is 0. The number of thiazole rings is 1. The molecule has 0 aliphatic heterocycles. The molecule has 26 heavy (non-hydrogen) atoms. The van der Waals surface area contributed by atoms with Gasteiger partial charge in [0, 0.05) is 5.54 Å². The fraction of sp³-hybridized carbons (Fsp3) is 0.278. The van der Waals surface area contributed by atoms with E-state index < -0.39 is 0 Å². The third-order valence-corrected chi connectivity index (χ3v) is 5.40. The molecule has 8 heteroatoms. The van der Waals surface area contributed by atoms with E-state index in [0.29, 0.717) is 15.1 Å². The molecule has 2 aromatic rings. The van der Waals surface area contributed by atoms with Gasteiger partial charge in [0.15, 0.2) is 5.01 Å². The Kier molecular flexibility index (Phi) is 6.80. The maximum absolute atomic E-state index is 6.09. The number of aromatic nitrogens is 1. The third-order valence-electron chi connectivity index (χ3n) is 3.13. The van der Waals surface area contributed by atoms with Gasteiger partial charge in [-0.25, -0.2) is 4.98 Å². The Morgan fingerprint density at radius 2 is 2.00 bits per heavy atom. The minimum absolute atomic E-state index is 0.173.